The molecule has 0 unspecified atom stereocenters. The maximum Gasteiger partial charge on any atom is 0.234 e. The normalized spacial score (nSPS) is 10.5. The average Bonchev–Trinajstić information content (AvgIpc) is 3.23. The molecule has 1 amide bonds. The second kappa shape index (κ2) is 8.68. The number of ether oxygens (including phenoxy) is 1. The average molecular weight is 415 g/mol. The van der Waals surface area contributed by atoms with Crippen LogP contribution in [0.15, 0.2) is 72.0 Å². The number of nitrogens with one attached hydrogen (secondary N) is 1. The van der Waals surface area contributed by atoms with Crippen LogP contribution in [0.2, 0.25) is 0 Å². The number of carbonyl (C=O) groups is 1. The van der Waals surface area contributed by atoms with Crippen molar-refractivity contribution in [3.8, 4) is 23.1 Å². The molecule has 0 spiro atoms. The van der Waals surface area contributed by atoms with Gasteiger partial charge in [-0.3, -0.25) is 4.79 Å². The third-order valence-corrected chi connectivity index (χ3v) is 5.37. The summed E-state index contributed by atoms with van der Waals surface area (Å²) in [6, 6.07) is 18.4. The number of hydrogen-bond donors (Lipinski definition) is 1. The lowest BCUT2D eigenvalue weighted by Crippen LogP contribution is -2.14. The van der Waals surface area contributed by atoms with E-state index in [0.717, 1.165) is 22.5 Å². The SMILES string of the molecule is COc1ccccc1-c1cc2c(SCC(=O)Nc3ccc(C#N)cc3)nccn2n1. The first-order valence-electron chi connectivity index (χ1n) is 9.08. The fourth-order valence-electron chi connectivity index (χ4n) is 2.96. The van der Waals surface area contributed by atoms with Gasteiger partial charge in [-0.05, 0) is 42.5 Å². The largest absolute Gasteiger partial charge is 0.496 e. The monoisotopic (exact) mass is 415 g/mol. The highest BCUT2D eigenvalue weighted by Crippen LogP contribution is 2.31. The van der Waals surface area contributed by atoms with Crippen molar-refractivity contribution in [1.29, 1.82) is 5.26 Å². The van der Waals surface area contributed by atoms with Gasteiger partial charge in [0.15, 0.2) is 0 Å². The standard InChI is InChI=1S/C22H17N5O2S/c1-29-20-5-3-2-4-17(20)18-12-19-22(24-10-11-27(19)26-18)30-14-21(28)25-16-8-6-15(13-23)7-9-16/h2-12H,14H2,1H3,(H,25,28). The van der Waals surface area contributed by atoms with E-state index in [4.69, 9.17) is 10.00 Å². The first-order chi connectivity index (χ1) is 14.7. The molecule has 0 aliphatic heterocycles. The van der Waals surface area contributed by atoms with Crippen LogP contribution in [-0.2, 0) is 4.79 Å². The Morgan fingerprint density at radius 2 is 2.03 bits per heavy atom. The molecule has 0 aliphatic rings. The van der Waals surface area contributed by atoms with Crippen LogP contribution in [0.1, 0.15) is 5.56 Å². The Balaban J connectivity index is 1.51. The molecule has 0 bridgehead atoms. The Morgan fingerprint density at radius 1 is 1.23 bits per heavy atom. The molecule has 4 aromatic rings. The van der Waals surface area contributed by atoms with Gasteiger partial charge < -0.3 is 10.1 Å². The van der Waals surface area contributed by atoms with Crippen LogP contribution in [0.4, 0.5) is 5.69 Å². The number of amides is 1. The van der Waals surface area contributed by atoms with E-state index in [9.17, 15) is 4.79 Å². The quantitative estimate of drug-likeness (QED) is 0.479. The highest BCUT2D eigenvalue weighted by molar-refractivity contribution is 8.00. The molecule has 0 atom stereocenters. The maximum absolute atomic E-state index is 12.3. The summed E-state index contributed by atoms with van der Waals surface area (Å²) in [6.07, 6.45) is 3.43. The van der Waals surface area contributed by atoms with Gasteiger partial charge >= 0.3 is 0 Å². The van der Waals surface area contributed by atoms with Gasteiger partial charge in [-0.25, -0.2) is 9.50 Å². The third kappa shape index (κ3) is 4.11. The highest BCUT2D eigenvalue weighted by atomic mass is 32.2. The summed E-state index contributed by atoms with van der Waals surface area (Å²) in [5.41, 5.74) is 3.66. The number of para-hydroxylation sites is 1. The summed E-state index contributed by atoms with van der Waals surface area (Å²) in [4.78, 5) is 16.7. The minimum absolute atomic E-state index is 0.155. The third-order valence-electron chi connectivity index (χ3n) is 4.38. The molecule has 0 fully saturated rings. The fourth-order valence-corrected chi connectivity index (χ4v) is 3.73. The molecule has 4 rings (SSSR count). The molecule has 148 valence electrons. The van der Waals surface area contributed by atoms with E-state index in [1.165, 1.54) is 11.8 Å². The number of thioether (sulfide) groups is 1. The van der Waals surface area contributed by atoms with Crippen molar-refractivity contribution < 1.29 is 9.53 Å². The van der Waals surface area contributed by atoms with Crippen molar-refractivity contribution in [2.45, 2.75) is 5.03 Å². The van der Waals surface area contributed by atoms with E-state index in [1.807, 2.05) is 30.3 Å². The van der Waals surface area contributed by atoms with Crippen LogP contribution >= 0.6 is 11.8 Å². The predicted molar refractivity (Wildman–Crippen MR) is 115 cm³/mol. The molecular formula is C22H17N5O2S. The molecule has 0 saturated carbocycles. The number of anilines is 1. The van der Waals surface area contributed by atoms with Crippen LogP contribution in [0.5, 0.6) is 5.75 Å². The zero-order valence-corrected chi connectivity index (χ0v) is 16.9. The van der Waals surface area contributed by atoms with Crippen LogP contribution in [0, 0.1) is 11.3 Å². The molecule has 7 nitrogen and oxygen atoms in total. The second-order valence-corrected chi connectivity index (χ2v) is 7.28. The van der Waals surface area contributed by atoms with Gasteiger partial charge in [0.2, 0.25) is 5.91 Å². The van der Waals surface area contributed by atoms with Crippen LogP contribution < -0.4 is 10.1 Å². The molecule has 0 aliphatic carbocycles. The van der Waals surface area contributed by atoms with Gasteiger partial charge in [-0.15, -0.1) is 0 Å². The number of carbonyl (C=O) groups excluding carboxylic acids is 1. The number of hydrogen-bond acceptors (Lipinski definition) is 6. The Kier molecular flexibility index (Phi) is 5.63. The lowest BCUT2D eigenvalue weighted by atomic mass is 10.1. The van der Waals surface area contributed by atoms with Gasteiger partial charge in [-0.2, -0.15) is 10.4 Å². The molecule has 1 N–H and O–H groups in total. The molecule has 2 heterocycles. The van der Waals surface area contributed by atoms with Crippen molar-refractivity contribution in [3.63, 3.8) is 0 Å². The second-order valence-electron chi connectivity index (χ2n) is 6.32. The fraction of sp³-hybridized carbons (Fsp3) is 0.0909. The van der Waals surface area contributed by atoms with Crippen molar-refractivity contribution >= 4 is 28.9 Å². The van der Waals surface area contributed by atoms with Crippen molar-refractivity contribution in [2.24, 2.45) is 0 Å². The minimum Gasteiger partial charge on any atom is -0.496 e. The summed E-state index contributed by atoms with van der Waals surface area (Å²) >= 11 is 1.34. The van der Waals surface area contributed by atoms with Gasteiger partial charge in [0, 0.05) is 23.6 Å². The molecule has 0 radical (unpaired) electrons. The van der Waals surface area contributed by atoms with E-state index in [1.54, 1.807) is 48.3 Å². The zero-order valence-electron chi connectivity index (χ0n) is 16.1. The number of rotatable bonds is 6. The Hall–Kier alpha value is -3.83. The minimum atomic E-state index is -0.155. The predicted octanol–water partition coefficient (Wildman–Crippen LogP) is 4.01. The highest BCUT2D eigenvalue weighted by Gasteiger charge is 2.14. The van der Waals surface area contributed by atoms with Gasteiger partial charge in [0.1, 0.15) is 10.8 Å². The molecule has 0 saturated heterocycles. The number of methoxy groups -OCH3 is 1. The van der Waals surface area contributed by atoms with Crippen molar-refractivity contribution in [2.75, 3.05) is 18.2 Å². The first kappa shape index (κ1) is 19.5. The Bertz CT molecular complexity index is 1240. The zero-order chi connectivity index (χ0) is 20.9. The number of fused-ring (bicyclic) bond motifs is 1. The number of nitriles is 1. The van der Waals surface area contributed by atoms with Crippen molar-refractivity contribution in [1.82, 2.24) is 14.6 Å². The van der Waals surface area contributed by atoms with E-state index in [0.29, 0.717) is 16.3 Å². The smallest absolute Gasteiger partial charge is 0.234 e. The number of nitrogens with zero attached hydrogens (tertiary/aromatic N) is 4. The van der Waals surface area contributed by atoms with Crippen LogP contribution in [0.25, 0.3) is 16.8 Å². The summed E-state index contributed by atoms with van der Waals surface area (Å²) in [6.45, 7) is 0. The van der Waals surface area contributed by atoms with E-state index < -0.39 is 0 Å². The summed E-state index contributed by atoms with van der Waals surface area (Å²) in [5, 5.41) is 17.0. The Labute approximate surface area is 177 Å². The van der Waals surface area contributed by atoms with Gasteiger partial charge in [0.05, 0.1) is 35.7 Å². The number of aromatic nitrogens is 3. The van der Waals surface area contributed by atoms with Gasteiger partial charge in [-0.1, -0.05) is 23.9 Å². The maximum atomic E-state index is 12.3. The van der Waals surface area contributed by atoms with Crippen molar-refractivity contribution in [3.05, 3.63) is 72.6 Å². The first-order valence-corrected chi connectivity index (χ1v) is 10.1. The summed E-state index contributed by atoms with van der Waals surface area (Å²) in [5.74, 6) is 0.782. The number of benzene rings is 2. The summed E-state index contributed by atoms with van der Waals surface area (Å²) < 4.78 is 7.18. The molecule has 8 heteroatoms. The van der Waals surface area contributed by atoms with Gasteiger partial charge in [0.25, 0.3) is 0 Å². The molecular weight excluding hydrogens is 398 g/mol. The van der Waals surface area contributed by atoms with Crippen LogP contribution in [-0.4, -0.2) is 33.4 Å². The molecule has 30 heavy (non-hydrogen) atoms. The lowest BCUT2D eigenvalue weighted by Gasteiger charge is -2.05. The summed E-state index contributed by atoms with van der Waals surface area (Å²) in [7, 11) is 1.63. The molecule has 2 aromatic carbocycles. The molecule has 2 aromatic heterocycles. The lowest BCUT2D eigenvalue weighted by molar-refractivity contribution is -0.113. The Morgan fingerprint density at radius 3 is 2.80 bits per heavy atom. The topological polar surface area (TPSA) is 92.3 Å². The van der Waals surface area contributed by atoms with E-state index in [-0.39, 0.29) is 11.7 Å². The van der Waals surface area contributed by atoms with E-state index in [2.05, 4.69) is 21.5 Å². The van der Waals surface area contributed by atoms with Crippen LogP contribution in [0.3, 0.4) is 0 Å². The van der Waals surface area contributed by atoms with E-state index >= 15 is 0 Å².